The fourth-order valence-corrected chi connectivity index (χ4v) is 0.792. The molecule has 0 radical (unpaired) electrons. The maximum Gasteiger partial charge on any atom is 0.190 e. The van der Waals surface area contributed by atoms with E-state index >= 15 is 0 Å². The van der Waals surface area contributed by atoms with E-state index in [0.717, 1.165) is 6.08 Å². The standard InChI is InChI=1S/C8H7F3/c1-5-2-3-6(9)8(11)7(10)4-5/h2,4H,3H2,1H3. The molecule has 1 aliphatic carbocycles. The van der Waals surface area contributed by atoms with E-state index in [1.807, 2.05) is 0 Å². The molecular weight excluding hydrogens is 153 g/mol. The average molecular weight is 160 g/mol. The van der Waals surface area contributed by atoms with Gasteiger partial charge in [-0.25, -0.2) is 13.2 Å². The lowest BCUT2D eigenvalue weighted by Crippen LogP contribution is -1.78. The summed E-state index contributed by atoms with van der Waals surface area (Å²) < 4.78 is 37.4. The highest BCUT2D eigenvalue weighted by Gasteiger charge is 2.13. The molecule has 3 heteroatoms. The predicted octanol–water partition coefficient (Wildman–Crippen LogP) is 3.34. The summed E-state index contributed by atoms with van der Waals surface area (Å²) in [6.45, 7) is 1.59. The maximum absolute atomic E-state index is 12.5. The van der Waals surface area contributed by atoms with Gasteiger partial charge in [0.25, 0.3) is 0 Å². The van der Waals surface area contributed by atoms with Crippen LogP contribution >= 0.6 is 0 Å². The molecular formula is C8H7F3. The Kier molecular flexibility index (Phi) is 2.17. The van der Waals surface area contributed by atoms with Crippen LogP contribution in [0.25, 0.3) is 0 Å². The van der Waals surface area contributed by atoms with Crippen molar-refractivity contribution in [1.82, 2.24) is 0 Å². The van der Waals surface area contributed by atoms with Crippen LogP contribution in [-0.2, 0) is 0 Å². The van der Waals surface area contributed by atoms with E-state index in [9.17, 15) is 13.2 Å². The van der Waals surface area contributed by atoms with Gasteiger partial charge in [0.1, 0.15) is 5.83 Å². The average Bonchev–Trinajstić information content (AvgIpc) is 2.05. The second kappa shape index (κ2) is 2.95. The van der Waals surface area contributed by atoms with Crippen molar-refractivity contribution in [2.45, 2.75) is 13.3 Å². The van der Waals surface area contributed by atoms with Crippen molar-refractivity contribution in [3.63, 3.8) is 0 Å². The number of rotatable bonds is 0. The number of hydrogen-bond donors (Lipinski definition) is 0. The quantitative estimate of drug-likeness (QED) is 0.509. The Bertz CT molecular complexity index is 259. The van der Waals surface area contributed by atoms with Crippen molar-refractivity contribution < 1.29 is 13.2 Å². The van der Waals surface area contributed by atoms with E-state index in [4.69, 9.17) is 0 Å². The molecule has 0 atom stereocenters. The number of halogens is 3. The summed E-state index contributed by atoms with van der Waals surface area (Å²) in [6.07, 6.45) is 2.24. The van der Waals surface area contributed by atoms with Crippen LogP contribution in [0.3, 0.4) is 0 Å². The molecule has 0 fully saturated rings. The van der Waals surface area contributed by atoms with Crippen LogP contribution in [0.5, 0.6) is 0 Å². The summed E-state index contributed by atoms with van der Waals surface area (Å²) in [5.74, 6) is -3.55. The third kappa shape index (κ3) is 1.73. The molecule has 0 bridgehead atoms. The predicted molar refractivity (Wildman–Crippen MR) is 36.8 cm³/mol. The first-order chi connectivity index (χ1) is 5.11. The Morgan fingerprint density at radius 3 is 2.55 bits per heavy atom. The summed E-state index contributed by atoms with van der Waals surface area (Å²) >= 11 is 0. The molecule has 0 aromatic heterocycles. The third-order valence-electron chi connectivity index (χ3n) is 1.41. The van der Waals surface area contributed by atoms with Crippen molar-refractivity contribution in [2.75, 3.05) is 0 Å². The first-order valence-corrected chi connectivity index (χ1v) is 3.19. The lowest BCUT2D eigenvalue weighted by molar-refractivity contribution is 0.488. The molecule has 1 aliphatic rings. The fourth-order valence-electron chi connectivity index (χ4n) is 0.792. The van der Waals surface area contributed by atoms with Gasteiger partial charge in [-0.05, 0) is 13.0 Å². The van der Waals surface area contributed by atoms with Gasteiger partial charge in [-0.1, -0.05) is 11.6 Å². The monoisotopic (exact) mass is 160 g/mol. The summed E-state index contributed by atoms with van der Waals surface area (Å²) in [5, 5.41) is 0. The zero-order chi connectivity index (χ0) is 8.43. The van der Waals surface area contributed by atoms with Crippen LogP contribution < -0.4 is 0 Å². The van der Waals surface area contributed by atoms with Gasteiger partial charge in [0.05, 0.1) is 0 Å². The minimum atomic E-state index is -1.38. The Labute approximate surface area is 62.7 Å². The number of hydrogen-bond acceptors (Lipinski definition) is 0. The van der Waals surface area contributed by atoms with Gasteiger partial charge in [0, 0.05) is 6.42 Å². The van der Waals surface area contributed by atoms with Crippen LogP contribution in [0, 0.1) is 0 Å². The molecule has 1 rings (SSSR count). The lowest BCUT2D eigenvalue weighted by Gasteiger charge is -1.91. The van der Waals surface area contributed by atoms with Gasteiger partial charge in [0.2, 0.25) is 0 Å². The van der Waals surface area contributed by atoms with Crippen molar-refractivity contribution >= 4 is 0 Å². The minimum absolute atomic E-state index is 0.165. The summed E-state index contributed by atoms with van der Waals surface area (Å²) in [7, 11) is 0. The van der Waals surface area contributed by atoms with Gasteiger partial charge in [0.15, 0.2) is 11.7 Å². The summed E-state index contributed by atoms with van der Waals surface area (Å²) in [4.78, 5) is 0. The van der Waals surface area contributed by atoms with Gasteiger partial charge in [-0.2, -0.15) is 0 Å². The Morgan fingerprint density at radius 2 is 1.91 bits per heavy atom. The largest absolute Gasteiger partial charge is 0.208 e. The van der Waals surface area contributed by atoms with Crippen molar-refractivity contribution in [3.05, 3.63) is 35.2 Å². The van der Waals surface area contributed by atoms with E-state index in [1.54, 1.807) is 6.92 Å². The smallest absolute Gasteiger partial charge is 0.190 e. The van der Waals surface area contributed by atoms with Crippen LogP contribution in [0.15, 0.2) is 35.2 Å². The highest BCUT2D eigenvalue weighted by Crippen LogP contribution is 2.26. The zero-order valence-corrected chi connectivity index (χ0v) is 6.00. The maximum atomic E-state index is 12.5. The molecule has 0 spiro atoms. The third-order valence-corrected chi connectivity index (χ3v) is 1.41. The molecule has 0 unspecified atom stereocenters. The Morgan fingerprint density at radius 1 is 1.27 bits per heavy atom. The fraction of sp³-hybridized carbons (Fsp3) is 0.250. The van der Waals surface area contributed by atoms with E-state index in [0.29, 0.717) is 5.57 Å². The van der Waals surface area contributed by atoms with E-state index in [1.165, 1.54) is 6.08 Å². The molecule has 0 aliphatic heterocycles. The second-order valence-corrected chi connectivity index (χ2v) is 2.36. The molecule has 0 amide bonds. The normalized spacial score (nSPS) is 19.3. The zero-order valence-electron chi connectivity index (χ0n) is 6.00. The topological polar surface area (TPSA) is 0 Å². The second-order valence-electron chi connectivity index (χ2n) is 2.36. The lowest BCUT2D eigenvalue weighted by atomic mass is 10.2. The van der Waals surface area contributed by atoms with Crippen LogP contribution in [0.1, 0.15) is 13.3 Å². The highest BCUT2D eigenvalue weighted by molar-refractivity contribution is 5.34. The Balaban J connectivity index is 3.05. The minimum Gasteiger partial charge on any atom is -0.208 e. The van der Waals surface area contributed by atoms with Gasteiger partial charge >= 0.3 is 0 Å². The molecule has 0 N–H and O–H groups in total. The van der Waals surface area contributed by atoms with Gasteiger partial charge < -0.3 is 0 Å². The molecule has 0 aromatic carbocycles. The highest BCUT2D eigenvalue weighted by atomic mass is 19.2. The number of allylic oxidation sites excluding steroid dienone is 6. The molecule has 60 valence electrons. The Hall–Kier alpha value is -0.990. The summed E-state index contributed by atoms with van der Waals surface area (Å²) in [6, 6.07) is 0. The van der Waals surface area contributed by atoms with Crippen molar-refractivity contribution in [1.29, 1.82) is 0 Å². The van der Waals surface area contributed by atoms with E-state index in [-0.39, 0.29) is 6.42 Å². The molecule has 0 heterocycles. The first kappa shape index (κ1) is 8.11. The van der Waals surface area contributed by atoms with Crippen molar-refractivity contribution in [3.8, 4) is 0 Å². The SMILES string of the molecule is CC1=CCC(F)=C(F)C(F)=C1. The molecule has 0 nitrogen and oxygen atoms in total. The van der Waals surface area contributed by atoms with Crippen LogP contribution in [-0.4, -0.2) is 0 Å². The summed E-state index contributed by atoms with van der Waals surface area (Å²) in [5.41, 5.74) is 0.533. The van der Waals surface area contributed by atoms with E-state index in [2.05, 4.69) is 0 Å². The van der Waals surface area contributed by atoms with Gasteiger partial charge in [-0.3, -0.25) is 0 Å². The molecule has 0 saturated heterocycles. The molecule has 0 aromatic rings. The first-order valence-electron chi connectivity index (χ1n) is 3.19. The van der Waals surface area contributed by atoms with E-state index < -0.39 is 17.5 Å². The van der Waals surface area contributed by atoms with Crippen LogP contribution in [0.4, 0.5) is 13.2 Å². The van der Waals surface area contributed by atoms with Crippen LogP contribution in [0.2, 0.25) is 0 Å². The molecule has 11 heavy (non-hydrogen) atoms. The van der Waals surface area contributed by atoms with Crippen molar-refractivity contribution in [2.24, 2.45) is 0 Å². The van der Waals surface area contributed by atoms with Gasteiger partial charge in [-0.15, -0.1) is 0 Å². The molecule has 0 saturated carbocycles.